The molecule has 0 aliphatic heterocycles. The van der Waals surface area contributed by atoms with E-state index < -0.39 is 5.97 Å². The average molecular weight is 369 g/mol. The third kappa shape index (κ3) is 2.82. The molecule has 5 heteroatoms. The van der Waals surface area contributed by atoms with Gasteiger partial charge in [0.1, 0.15) is 0 Å². The molecule has 24 heavy (non-hydrogen) atoms. The number of rotatable bonds is 4. The van der Waals surface area contributed by atoms with Crippen LogP contribution >= 0.6 is 34.0 Å². The Morgan fingerprint density at radius 2 is 1.50 bits per heavy atom. The lowest BCUT2D eigenvalue weighted by Gasteiger charge is -2.03. The first-order valence-electron chi connectivity index (χ1n) is 7.28. The van der Waals surface area contributed by atoms with Gasteiger partial charge in [0.25, 0.3) is 0 Å². The summed E-state index contributed by atoms with van der Waals surface area (Å²) in [4.78, 5) is 16.0. The molecular weight excluding hydrogens is 356 g/mol. The van der Waals surface area contributed by atoms with Crippen LogP contribution < -0.4 is 0 Å². The van der Waals surface area contributed by atoms with Gasteiger partial charge in [-0.25, -0.2) is 4.79 Å². The fraction of sp³-hybridized carbons (Fsp3) is 0. The van der Waals surface area contributed by atoms with Crippen LogP contribution in [0, 0.1) is 0 Å². The van der Waals surface area contributed by atoms with Crippen LogP contribution in [0.5, 0.6) is 0 Å². The Morgan fingerprint density at radius 1 is 0.833 bits per heavy atom. The Hall–Kier alpha value is -2.21. The van der Waals surface area contributed by atoms with Gasteiger partial charge in [-0.05, 0) is 46.7 Å². The van der Waals surface area contributed by atoms with Crippen molar-refractivity contribution in [3.05, 3.63) is 70.9 Å². The quantitative estimate of drug-likeness (QED) is 0.442. The summed E-state index contributed by atoms with van der Waals surface area (Å²) in [5.41, 5.74) is 2.51. The van der Waals surface area contributed by atoms with E-state index in [0.717, 1.165) is 11.1 Å². The van der Waals surface area contributed by atoms with Gasteiger partial charge in [0, 0.05) is 20.2 Å². The van der Waals surface area contributed by atoms with E-state index >= 15 is 0 Å². The van der Waals surface area contributed by atoms with E-state index in [-0.39, 0.29) is 0 Å². The van der Waals surface area contributed by atoms with Crippen molar-refractivity contribution in [3.63, 3.8) is 0 Å². The van der Waals surface area contributed by atoms with E-state index in [2.05, 4.69) is 41.1 Å². The standard InChI is InChI=1S/C19H12O2S3/c20-19(21)13-7-5-12(6-8-13)14-11-17(15-3-1-9-22-15)24-18(14)16-4-2-10-23-16/h1-11H,(H,20,21). The van der Waals surface area contributed by atoms with E-state index in [0.29, 0.717) is 5.56 Å². The Labute approximate surface area is 151 Å². The van der Waals surface area contributed by atoms with Crippen LogP contribution in [0.15, 0.2) is 65.4 Å². The number of benzene rings is 1. The summed E-state index contributed by atoms with van der Waals surface area (Å²) in [5, 5.41) is 13.3. The van der Waals surface area contributed by atoms with Gasteiger partial charge in [0.15, 0.2) is 0 Å². The smallest absolute Gasteiger partial charge is 0.335 e. The second kappa shape index (κ2) is 6.36. The first-order valence-corrected chi connectivity index (χ1v) is 9.85. The molecule has 0 aliphatic rings. The molecule has 4 aromatic rings. The highest BCUT2D eigenvalue weighted by atomic mass is 32.1. The molecule has 0 saturated heterocycles. The zero-order valence-corrected chi connectivity index (χ0v) is 14.9. The van der Waals surface area contributed by atoms with Gasteiger partial charge in [0.2, 0.25) is 0 Å². The van der Waals surface area contributed by atoms with Crippen molar-refractivity contribution < 1.29 is 9.90 Å². The normalized spacial score (nSPS) is 10.8. The molecule has 0 bridgehead atoms. The number of hydrogen-bond acceptors (Lipinski definition) is 4. The Kier molecular flexibility index (Phi) is 4.06. The minimum Gasteiger partial charge on any atom is -0.478 e. The molecule has 3 heterocycles. The van der Waals surface area contributed by atoms with Crippen molar-refractivity contribution in [2.45, 2.75) is 0 Å². The molecule has 0 saturated carbocycles. The fourth-order valence-corrected chi connectivity index (χ4v) is 5.40. The van der Waals surface area contributed by atoms with Crippen molar-refractivity contribution in [2.24, 2.45) is 0 Å². The Balaban J connectivity index is 1.85. The second-order valence-corrected chi connectivity index (χ2v) is 8.14. The molecule has 0 radical (unpaired) electrons. The maximum Gasteiger partial charge on any atom is 0.335 e. The lowest BCUT2D eigenvalue weighted by Crippen LogP contribution is -1.94. The third-order valence-electron chi connectivity index (χ3n) is 3.68. The highest BCUT2D eigenvalue weighted by Crippen LogP contribution is 2.45. The molecule has 0 fully saturated rings. The molecule has 0 atom stereocenters. The highest BCUT2D eigenvalue weighted by molar-refractivity contribution is 7.26. The highest BCUT2D eigenvalue weighted by Gasteiger charge is 2.15. The number of carbonyl (C=O) groups is 1. The molecule has 0 amide bonds. The van der Waals surface area contributed by atoms with Gasteiger partial charge < -0.3 is 5.11 Å². The number of hydrogen-bond donors (Lipinski definition) is 1. The SMILES string of the molecule is O=C(O)c1ccc(-c2cc(-c3cccs3)sc2-c2cccs2)cc1. The predicted octanol–water partition coefficient (Wildman–Crippen LogP) is 6.57. The maximum absolute atomic E-state index is 11.1. The van der Waals surface area contributed by atoms with Crippen LogP contribution in [0.3, 0.4) is 0 Å². The second-order valence-electron chi connectivity index (χ2n) is 5.19. The minimum atomic E-state index is -0.898. The van der Waals surface area contributed by atoms with Crippen molar-refractivity contribution in [1.29, 1.82) is 0 Å². The fourth-order valence-electron chi connectivity index (χ4n) is 2.53. The molecule has 1 aromatic carbocycles. The topological polar surface area (TPSA) is 37.3 Å². The molecule has 0 spiro atoms. The van der Waals surface area contributed by atoms with Crippen molar-refractivity contribution in [1.82, 2.24) is 0 Å². The summed E-state index contributed by atoms with van der Waals surface area (Å²) in [7, 11) is 0. The van der Waals surface area contributed by atoms with Gasteiger partial charge in [0.05, 0.1) is 10.4 Å². The van der Waals surface area contributed by atoms with Gasteiger partial charge in [-0.1, -0.05) is 24.3 Å². The van der Waals surface area contributed by atoms with Crippen molar-refractivity contribution in [2.75, 3.05) is 0 Å². The molecule has 3 aromatic heterocycles. The van der Waals surface area contributed by atoms with E-state index in [4.69, 9.17) is 5.11 Å². The van der Waals surface area contributed by atoms with Crippen LogP contribution in [-0.4, -0.2) is 11.1 Å². The van der Waals surface area contributed by atoms with E-state index in [1.807, 2.05) is 12.1 Å². The monoisotopic (exact) mass is 368 g/mol. The summed E-state index contributed by atoms with van der Waals surface area (Å²) in [6.45, 7) is 0. The summed E-state index contributed by atoms with van der Waals surface area (Å²) < 4.78 is 0. The molecular formula is C19H12O2S3. The predicted molar refractivity (Wildman–Crippen MR) is 103 cm³/mol. The first kappa shape index (κ1) is 15.3. The minimum absolute atomic E-state index is 0.310. The molecule has 1 N–H and O–H groups in total. The van der Waals surface area contributed by atoms with Crippen LogP contribution in [0.25, 0.3) is 30.6 Å². The van der Waals surface area contributed by atoms with Crippen LogP contribution in [-0.2, 0) is 0 Å². The van der Waals surface area contributed by atoms with E-state index in [9.17, 15) is 4.79 Å². The van der Waals surface area contributed by atoms with Crippen LogP contribution in [0.1, 0.15) is 10.4 Å². The number of aromatic carboxylic acids is 1. The van der Waals surface area contributed by atoms with Gasteiger partial charge >= 0.3 is 5.97 Å². The zero-order valence-electron chi connectivity index (χ0n) is 12.4. The molecule has 4 rings (SSSR count). The molecule has 2 nitrogen and oxygen atoms in total. The van der Waals surface area contributed by atoms with E-state index in [1.165, 1.54) is 19.5 Å². The average Bonchev–Trinajstić information content (AvgIpc) is 3.33. The molecule has 0 unspecified atom stereocenters. The Morgan fingerprint density at radius 3 is 2.08 bits per heavy atom. The van der Waals surface area contributed by atoms with E-state index in [1.54, 1.807) is 46.1 Å². The number of thiophene rings is 3. The third-order valence-corrected chi connectivity index (χ3v) is 6.93. The summed E-state index contributed by atoms with van der Waals surface area (Å²) >= 11 is 5.24. The largest absolute Gasteiger partial charge is 0.478 e. The van der Waals surface area contributed by atoms with Crippen molar-refractivity contribution >= 4 is 40.0 Å². The van der Waals surface area contributed by atoms with Crippen molar-refractivity contribution in [3.8, 4) is 30.6 Å². The van der Waals surface area contributed by atoms with Gasteiger partial charge in [-0.2, -0.15) is 0 Å². The Bertz CT molecular complexity index is 962. The number of carboxylic acid groups (broad SMARTS) is 1. The maximum atomic E-state index is 11.1. The zero-order chi connectivity index (χ0) is 16.5. The number of carboxylic acids is 1. The lowest BCUT2D eigenvalue weighted by atomic mass is 10.0. The lowest BCUT2D eigenvalue weighted by molar-refractivity contribution is 0.0697. The molecule has 0 aliphatic carbocycles. The summed E-state index contributed by atoms with van der Waals surface area (Å²) in [6, 6.07) is 17.7. The van der Waals surface area contributed by atoms with Gasteiger partial charge in [-0.15, -0.1) is 34.0 Å². The van der Waals surface area contributed by atoms with Crippen LogP contribution in [0.4, 0.5) is 0 Å². The van der Waals surface area contributed by atoms with Crippen LogP contribution in [0.2, 0.25) is 0 Å². The molecule has 118 valence electrons. The first-order chi connectivity index (χ1) is 11.7. The summed E-state index contributed by atoms with van der Waals surface area (Å²) in [5.74, 6) is -0.898. The summed E-state index contributed by atoms with van der Waals surface area (Å²) in [6.07, 6.45) is 0. The van der Waals surface area contributed by atoms with Gasteiger partial charge in [-0.3, -0.25) is 0 Å².